The third kappa shape index (κ3) is 1.97. The molecular formula is C8H15N3OS. The number of nitrogens with one attached hydrogen (secondary N) is 1. The van der Waals surface area contributed by atoms with Gasteiger partial charge in [-0.2, -0.15) is 4.37 Å². The molecule has 1 unspecified atom stereocenters. The van der Waals surface area contributed by atoms with E-state index < -0.39 is 0 Å². The van der Waals surface area contributed by atoms with Crippen LogP contribution in [0.4, 0.5) is 5.13 Å². The molecule has 1 rings (SSSR count). The van der Waals surface area contributed by atoms with Crippen LogP contribution in [0.3, 0.4) is 0 Å². The molecule has 0 radical (unpaired) electrons. The molecule has 0 amide bonds. The van der Waals surface area contributed by atoms with Crippen LogP contribution >= 0.6 is 11.5 Å². The maximum Gasteiger partial charge on any atom is 0.202 e. The summed E-state index contributed by atoms with van der Waals surface area (Å²) in [5.74, 6) is 0.756. The van der Waals surface area contributed by atoms with Gasteiger partial charge in [-0.25, -0.2) is 4.98 Å². The van der Waals surface area contributed by atoms with Crippen LogP contribution < -0.4 is 5.32 Å². The van der Waals surface area contributed by atoms with E-state index in [1.165, 1.54) is 11.5 Å². The van der Waals surface area contributed by atoms with Crippen molar-refractivity contribution in [3.05, 3.63) is 5.82 Å². The molecular weight excluding hydrogens is 186 g/mol. The Balaban J connectivity index is 2.91. The molecule has 1 aromatic heterocycles. The van der Waals surface area contributed by atoms with Crippen molar-refractivity contribution >= 4 is 16.7 Å². The largest absolute Gasteiger partial charge is 0.370 e. The molecule has 0 aliphatic carbocycles. The minimum Gasteiger partial charge on any atom is -0.370 e. The number of anilines is 1. The summed E-state index contributed by atoms with van der Waals surface area (Å²) in [6.07, 6.45) is 0.864. The molecule has 0 bridgehead atoms. The molecule has 1 atom stereocenters. The number of rotatable bonds is 4. The highest BCUT2D eigenvalue weighted by atomic mass is 32.1. The summed E-state index contributed by atoms with van der Waals surface area (Å²) in [6.45, 7) is 4.05. The van der Waals surface area contributed by atoms with Gasteiger partial charge in [-0.3, -0.25) is 0 Å². The molecule has 0 saturated heterocycles. The number of hydrogen-bond acceptors (Lipinski definition) is 5. The van der Waals surface area contributed by atoms with Crippen molar-refractivity contribution in [2.75, 3.05) is 19.5 Å². The van der Waals surface area contributed by atoms with E-state index in [1.54, 1.807) is 7.11 Å². The van der Waals surface area contributed by atoms with E-state index in [9.17, 15) is 0 Å². The predicted molar refractivity (Wildman–Crippen MR) is 54.1 cm³/mol. The Morgan fingerprint density at radius 3 is 2.69 bits per heavy atom. The molecule has 74 valence electrons. The monoisotopic (exact) mass is 201 g/mol. The molecule has 5 heteroatoms. The van der Waals surface area contributed by atoms with Crippen molar-refractivity contribution in [3.63, 3.8) is 0 Å². The fourth-order valence-corrected chi connectivity index (χ4v) is 1.56. The summed E-state index contributed by atoms with van der Waals surface area (Å²) in [5.41, 5.74) is -0.356. The molecule has 4 nitrogen and oxygen atoms in total. The van der Waals surface area contributed by atoms with Gasteiger partial charge < -0.3 is 10.1 Å². The van der Waals surface area contributed by atoms with Crippen molar-refractivity contribution in [2.24, 2.45) is 0 Å². The Bertz CT molecular complexity index is 270. The Morgan fingerprint density at radius 2 is 2.31 bits per heavy atom. The second kappa shape index (κ2) is 4.02. The third-order valence-corrected chi connectivity index (χ3v) is 2.97. The lowest BCUT2D eigenvalue weighted by molar-refractivity contribution is -0.00791. The first-order valence-corrected chi connectivity index (χ1v) is 5.00. The second-order valence-electron chi connectivity index (χ2n) is 2.96. The predicted octanol–water partition coefficient (Wildman–Crippen LogP) is 1.85. The van der Waals surface area contributed by atoms with Crippen LogP contribution in [0.25, 0.3) is 0 Å². The van der Waals surface area contributed by atoms with Crippen molar-refractivity contribution < 1.29 is 4.74 Å². The first-order valence-electron chi connectivity index (χ1n) is 4.23. The Morgan fingerprint density at radius 1 is 1.62 bits per heavy atom. The molecule has 0 fully saturated rings. The Labute approximate surface area is 82.5 Å². The zero-order valence-corrected chi connectivity index (χ0v) is 9.23. The van der Waals surface area contributed by atoms with Gasteiger partial charge in [0.25, 0.3) is 0 Å². The Kier molecular flexibility index (Phi) is 3.22. The molecule has 1 N–H and O–H groups in total. The summed E-state index contributed by atoms with van der Waals surface area (Å²) in [6, 6.07) is 0. The van der Waals surface area contributed by atoms with Crippen molar-refractivity contribution in [1.29, 1.82) is 0 Å². The average Bonchev–Trinajstić information content (AvgIpc) is 2.65. The van der Waals surface area contributed by atoms with Gasteiger partial charge >= 0.3 is 0 Å². The lowest BCUT2D eigenvalue weighted by atomic mass is 10.0. The zero-order chi connectivity index (χ0) is 9.90. The molecule has 0 saturated carbocycles. The van der Waals surface area contributed by atoms with Crippen LogP contribution in [-0.2, 0) is 10.3 Å². The zero-order valence-electron chi connectivity index (χ0n) is 8.42. The quantitative estimate of drug-likeness (QED) is 0.807. The normalized spacial score (nSPS) is 15.4. The summed E-state index contributed by atoms with van der Waals surface area (Å²) in [4.78, 5) is 4.31. The number of nitrogens with zero attached hydrogens (tertiary/aromatic N) is 2. The summed E-state index contributed by atoms with van der Waals surface area (Å²) in [7, 11) is 3.52. The van der Waals surface area contributed by atoms with Crippen molar-refractivity contribution in [3.8, 4) is 0 Å². The van der Waals surface area contributed by atoms with E-state index in [4.69, 9.17) is 4.74 Å². The highest BCUT2D eigenvalue weighted by molar-refractivity contribution is 7.09. The van der Waals surface area contributed by atoms with E-state index in [-0.39, 0.29) is 5.60 Å². The van der Waals surface area contributed by atoms with Crippen LogP contribution in [0.1, 0.15) is 26.1 Å². The van der Waals surface area contributed by atoms with Gasteiger partial charge in [-0.1, -0.05) is 6.92 Å². The number of ether oxygens (including phenoxy) is 1. The fraction of sp³-hybridized carbons (Fsp3) is 0.750. The topological polar surface area (TPSA) is 47.0 Å². The van der Waals surface area contributed by atoms with Gasteiger partial charge in [0, 0.05) is 25.7 Å². The first kappa shape index (κ1) is 10.4. The summed E-state index contributed by atoms with van der Waals surface area (Å²) < 4.78 is 9.63. The van der Waals surface area contributed by atoms with E-state index >= 15 is 0 Å². The van der Waals surface area contributed by atoms with E-state index in [1.807, 2.05) is 14.0 Å². The maximum absolute atomic E-state index is 5.38. The lowest BCUT2D eigenvalue weighted by Gasteiger charge is -2.22. The highest BCUT2D eigenvalue weighted by Crippen LogP contribution is 2.27. The number of aromatic nitrogens is 2. The van der Waals surface area contributed by atoms with Crippen molar-refractivity contribution in [2.45, 2.75) is 25.9 Å². The van der Waals surface area contributed by atoms with Crippen LogP contribution in [0.5, 0.6) is 0 Å². The second-order valence-corrected chi connectivity index (χ2v) is 3.71. The van der Waals surface area contributed by atoms with Gasteiger partial charge in [0.05, 0.1) is 0 Å². The average molecular weight is 201 g/mol. The highest BCUT2D eigenvalue weighted by Gasteiger charge is 2.28. The van der Waals surface area contributed by atoms with Gasteiger partial charge in [0.15, 0.2) is 5.82 Å². The van der Waals surface area contributed by atoms with E-state index in [2.05, 4.69) is 21.6 Å². The van der Waals surface area contributed by atoms with Crippen LogP contribution in [0.15, 0.2) is 0 Å². The molecule has 1 aromatic rings. The fourth-order valence-electron chi connectivity index (χ4n) is 0.934. The van der Waals surface area contributed by atoms with Gasteiger partial charge in [0.2, 0.25) is 5.13 Å². The molecule has 0 spiro atoms. The Hall–Kier alpha value is -0.680. The maximum atomic E-state index is 5.38. The molecule has 1 heterocycles. The lowest BCUT2D eigenvalue weighted by Crippen LogP contribution is -2.24. The van der Waals surface area contributed by atoms with E-state index in [0.29, 0.717) is 0 Å². The molecule has 0 aromatic carbocycles. The molecule has 0 aliphatic heterocycles. The number of methoxy groups -OCH3 is 1. The SMILES string of the molecule is CCC(C)(OC)c1nsc(NC)n1. The standard InChI is InChI=1S/C8H15N3OS/c1-5-8(2,12-4)6-10-7(9-3)13-11-6/h5H2,1-4H3,(H,9,10,11). The van der Waals surface area contributed by atoms with Crippen molar-refractivity contribution in [1.82, 2.24) is 9.36 Å². The summed E-state index contributed by atoms with van der Waals surface area (Å²) in [5, 5.41) is 3.78. The summed E-state index contributed by atoms with van der Waals surface area (Å²) >= 11 is 1.35. The van der Waals surface area contributed by atoms with Crippen LogP contribution in [-0.4, -0.2) is 23.5 Å². The van der Waals surface area contributed by atoms with Gasteiger partial charge in [-0.05, 0) is 13.3 Å². The van der Waals surface area contributed by atoms with Crippen LogP contribution in [0.2, 0.25) is 0 Å². The van der Waals surface area contributed by atoms with Crippen LogP contribution in [0, 0.1) is 0 Å². The minimum absolute atomic E-state index is 0.356. The van der Waals surface area contributed by atoms with Gasteiger partial charge in [-0.15, -0.1) is 0 Å². The van der Waals surface area contributed by atoms with Gasteiger partial charge in [0.1, 0.15) is 5.60 Å². The smallest absolute Gasteiger partial charge is 0.202 e. The van der Waals surface area contributed by atoms with E-state index in [0.717, 1.165) is 17.4 Å². The third-order valence-electron chi connectivity index (χ3n) is 2.24. The molecule has 13 heavy (non-hydrogen) atoms. The first-order chi connectivity index (χ1) is 6.16. The molecule has 0 aliphatic rings. The number of hydrogen-bond donors (Lipinski definition) is 1. The minimum atomic E-state index is -0.356.